The maximum Gasteiger partial charge on any atom is 0.0997 e. The second-order valence-corrected chi connectivity index (χ2v) is 5.07. The van der Waals surface area contributed by atoms with Crippen LogP contribution in [0.5, 0.6) is 0 Å². The van der Waals surface area contributed by atoms with Gasteiger partial charge in [-0.3, -0.25) is 0 Å². The molecular formula is C12H20N4. The molecule has 1 N–H and O–H groups in total. The van der Waals surface area contributed by atoms with Gasteiger partial charge in [-0.15, -0.1) is 5.10 Å². The third-order valence-electron chi connectivity index (χ3n) is 3.97. The number of hydrogen-bond acceptors (Lipinski definition) is 3. The number of aromatic nitrogens is 3. The normalized spacial score (nSPS) is 21.2. The minimum Gasteiger partial charge on any atom is -0.311 e. The fourth-order valence-electron chi connectivity index (χ4n) is 2.98. The van der Waals surface area contributed by atoms with Crippen molar-refractivity contribution in [1.29, 1.82) is 0 Å². The smallest absolute Gasteiger partial charge is 0.0997 e. The molecule has 0 saturated heterocycles. The van der Waals surface area contributed by atoms with Gasteiger partial charge in [0.25, 0.3) is 0 Å². The Balaban J connectivity index is 1.63. The first-order valence-electron chi connectivity index (χ1n) is 6.55. The molecule has 0 unspecified atom stereocenters. The van der Waals surface area contributed by atoms with E-state index in [0.29, 0.717) is 0 Å². The molecule has 0 amide bonds. The lowest BCUT2D eigenvalue weighted by atomic mass is 10.0. The van der Waals surface area contributed by atoms with Crippen molar-refractivity contribution >= 4 is 0 Å². The van der Waals surface area contributed by atoms with Gasteiger partial charge in [0.2, 0.25) is 0 Å². The Labute approximate surface area is 96.4 Å². The van der Waals surface area contributed by atoms with E-state index in [1.807, 2.05) is 0 Å². The largest absolute Gasteiger partial charge is 0.311 e. The summed E-state index contributed by atoms with van der Waals surface area (Å²) in [6, 6.07) is 0. The average molecular weight is 220 g/mol. The standard InChI is InChI=1S/C12H20N4/c1-2-4-10(3-1)6-8-16-12-5-7-13-9-11(12)14-15-16/h10,13H,1-9H2. The molecule has 1 aromatic rings. The molecule has 1 aliphatic carbocycles. The SMILES string of the molecule is C1CCC(CCn2nnc3c2CCNC3)C1. The van der Waals surface area contributed by atoms with E-state index in [9.17, 15) is 0 Å². The second kappa shape index (κ2) is 4.53. The summed E-state index contributed by atoms with van der Waals surface area (Å²) in [6.07, 6.45) is 8.11. The quantitative estimate of drug-likeness (QED) is 0.839. The highest BCUT2D eigenvalue weighted by Gasteiger charge is 2.18. The zero-order chi connectivity index (χ0) is 10.8. The summed E-state index contributed by atoms with van der Waals surface area (Å²) >= 11 is 0. The molecule has 16 heavy (non-hydrogen) atoms. The molecular weight excluding hydrogens is 200 g/mol. The van der Waals surface area contributed by atoms with Crippen LogP contribution in [0.25, 0.3) is 0 Å². The predicted molar refractivity (Wildman–Crippen MR) is 62.0 cm³/mol. The van der Waals surface area contributed by atoms with Gasteiger partial charge in [0, 0.05) is 26.1 Å². The molecule has 0 bridgehead atoms. The van der Waals surface area contributed by atoms with Crippen molar-refractivity contribution in [2.75, 3.05) is 6.54 Å². The fourth-order valence-corrected chi connectivity index (χ4v) is 2.98. The highest BCUT2D eigenvalue weighted by atomic mass is 15.4. The predicted octanol–water partition coefficient (Wildman–Crippen LogP) is 1.50. The van der Waals surface area contributed by atoms with Crippen LogP contribution in [0.1, 0.15) is 43.5 Å². The summed E-state index contributed by atoms with van der Waals surface area (Å²) in [5.74, 6) is 0.946. The Morgan fingerprint density at radius 1 is 1.31 bits per heavy atom. The third kappa shape index (κ3) is 1.98. The number of rotatable bonds is 3. The fraction of sp³-hybridized carbons (Fsp3) is 0.833. The number of hydrogen-bond donors (Lipinski definition) is 1. The lowest BCUT2D eigenvalue weighted by Crippen LogP contribution is -2.25. The molecule has 88 valence electrons. The lowest BCUT2D eigenvalue weighted by molar-refractivity contribution is 0.425. The molecule has 0 atom stereocenters. The van der Waals surface area contributed by atoms with E-state index in [0.717, 1.165) is 37.7 Å². The lowest BCUT2D eigenvalue weighted by Gasteiger charge is -2.14. The molecule has 2 aliphatic rings. The van der Waals surface area contributed by atoms with E-state index in [-0.39, 0.29) is 0 Å². The summed E-state index contributed by atoms with van der Waals surface area (Å²) in [4.78, 5) is 0. The second-order valence-electron chi connectivity index (χ2n) is 5.07. The number of fused-ring (bicyclic) bond motifs is 1. The van der Waals surface area contributed by atoms with Crippen LogP contribution in [0.3, 0.4) is 0 Å². The molecule has 3 rings (SSSR count). The van der Waals surface area contributed by atoms with Crippen LogP contribution < -0.4 is 5.32 Å². The number of nitrogens with zero attached hydrogens (tertiary/aromatic N) is 3. The zero-order valence-electron chi connectivity index (χ0n) is 9.78. The van der Waals surface area contributed by atoms with E-state index in [4.69, 9.17) is 0 Å². The Hall–Kier alpha value is -0.900. The highest BCUT2D eigenvalue weighted by Crippen LogP contribution is 2.28. The molecule has 1 saturated carbocycles. The van der Waals surface area contributed by atoms with Crippen molar-refractivity contribution in [2.45, 2.75) is 51.6 Å². The average Bonchev–Trinajstić information content (AvgIpc) is 2.96. The highest BCUT2D eigenvalue weighted by molar-refractivity contribution is 5.13. The first-order valence-corrected chi connectivity index (χ1v) is 6.55. The van der Waals surface area contributed by atoms with Crippen molar-refractivity contribution in [3.8, 4) is 0 Å². The molecule has 0 spiro atoms. The first-order chi connectivity index (χ1) is 7.93. The maximum absolute atomic E-state index is 4.29. The van der Waals surface area contributed by atoms with Gasteiger partial charge in [-0.1, -0.05) is 30.9 Å². The summed E-state index contributed by atoms with van der Waals surface area (Å²) in [6.45, 7) is 3.05. The van der Waals surface area contributed by atoms with Crippen molar-refractivity contribution < 1.29 is 0 Å². The van der Waals surface area contributed by atoms with Gasteiger partial charge in [-0.05, 0) is 12.3 Å². The monoisotopic (exact) mass is 220 g/mol. The van der Waals surface area contributed by atoms with Crippen LogP contribution in [0.2, 0.25) is 0 Å². The zero-order valence-corrected chi connectivity index (χ0v) is 9.78. The topological polar surface area (TPSA) is 42.7 Å². The van der Waals surface area contributed by atoms with Crippen LogP contribution >= 0.6 is 0 Å². The van der Waals surface area contributed by atoms with Crippen LogP contribution in [-0.4, -0.2) is 21.5 Å². The number of nitrogens with one attached hydrogen (secondary N) is 1. The first kappa shape index (κ1) is 10.3. The van der Waals surface area contributed by atoms with E-state index >= 15 is 0 Å². The summed E-state index contributed by atoms with van der Waals surface area (Å²) in [5.41, 5.74) is 2.54. The van der Waals surface area contributed by atoms with Gasteiger partial charge >= 0.3 is 0 Å². The Bertz CT molecular complexity index is 352. The van der Waals surface area contributed by atoms with Crippen LogP contribution in [-0.2, 0) is 19.5 Å². The maximum atomic E-state index is 4.29. The summed E-state index contributed by atoms with van der Waals surface area (Å²) < 4.78 is 2.15. The van der Waals surface area contributed by atoms with Crippen molar-refractivity contribution in [2.24, 2.45) is 5.92 Å². The van der Waals surface area contributed by atoms with Crippen molar-refractivity contribution in [3.63, 3.8) is 0 Å². The molecule has 4 heteroatoms. The van der Waals surface area contributed by atoms with Gasteiger partial charge in [0.1, 0.15) is 0 Å². The van der Waals surface area contributed by atoms with Crippen molar-refractivity contribution in [3.05, 3.63) is 11.4 Å². The van der Waals surface area contributed by atoms with E-state index in [2.05, 4.69) is 20.3 Å². The molecule has 0 radical (unpaired) electrons. The molecule has 1 fully saturated rings. The summed E-state index contributed by atoms with van der Waals surface area (Å²) in [7, 11) is 0. The molecule has 4 nitrogen and oxygen atoms in total. The minimum absolute atomic E-state index is 0.902. The van der Waals surface area contributed by atoms with Gasteiger partial charge < -0.3 is 5.32 Å². The molecule has 1 aromatic heterocycles. The van der Waals surface area contributed by atoms with E-state index < -0.39 is 0 Å². The number of aryl methyl sites for hydroxylation is 1. The Kier molecular flexibility index (Phi) is 2.91. The molecule has 0 aromatic carbocycles. The summed E-state index contributed by atoms with van der Waals surface area (Å²) in [5, 5.41) is 11.9. The van der Waals surface area contributed by atoms with Crippen LogP contribution in [0.15, 0.2) is 0 Å². The Morgan fingerprint density at radius 2 is 2.19 bits per heavy atom. The molecule has 1 aliphatic heterocycles. The van der Waals surface area contributed by atoms with Gasteiger partial charge in [-0.25, -0.2) is 4.68 Å². The molecule has 2 heterocycles. The van der Waals surface area contributed by atoms with Crippen LogP contribution in [0.4, 0.5) is 0 Å². The van der Waals surface area contributed by atoms with Crippen molar-refractivity contribution in [1.82, 2.24) is 20.3 Å². The van der Waals surface area contributed by atoms with Gasteiger partial charge in [-0.2, -0.15) is 0 Å². The van der Waals surface area contributed by atoms with E-state index in [1.165, 1.54) is 37.8 Å². The minimum atomic E-state index is 0.902. The van der Waals surface area contributed by atoms with Crippen LogP contribution in [0, 0.1) is 5.92 Å². The van der Waals surface area contributed by atoms with Gasteiger partial charge in [0.15, 0.2) is 0 Å². The van der Waals surface area contributed by atoms with Gasteiger partial charge in [0.05, 0.1) is 11.4 Å². The Morgan fingerprint density at radius 3 is 3.06 bits per heavy atom. The third-order valence-corrected chi connectivity index (χ3v) is 3.97. The van der Waals surface area contributed by atoms with E-state index in [1.54, 1.807) is 0 Å².